The Bertz CT molecular complexity index is 952. The molecule has 1 aromatic carbocycles. The van der Waals surface area contributed by atoms with E-state index in [1.165, 1.54) is 11.1 Å². The molecule has 0 N–H and O–H groups in total. The quantitative estimate of drug-likeness (QED) is 0.534. The standard InChI is InChI=1S/C22H22N4/c1-17-7-11-25(12-8-17)15-21-22(16-26-13-9-18(2)10-14-26)24-20-6-4-3-5-19(20)23-21/h3-14H,15-16H2,1-2H3/q+2. The van der Waals surface area contributed by atoms with Crippen molar-refractivity contribution in [1.29, 1.82) is 0 Å². The summed E-state index contributed by atoms with van der Waals surface area (Å²) in [6, 6.07) is 16.5. The van der Waals surface area contributed by atoms with Crippen LogP contribution in [0.5, 0.6) is 0 Å². The second-order valence-corrected chi connectivity index (χ2v) is 6.70. The Morgan fingerprint density at radius 3 is 1.38 bits per heavy atom. The van der Waals surface area contributed by atoms with Gasteiger partial charge in [-0.15, -0.1) is 0 Å². The lowest BCUT2D eigenvalue weighted by atomic mass is 10.2. The zero-order chi connectivity index (χ0) is 17.9. The number of fused-ring (bicyclic) bond motifs is 1. The van der Waals surface area contributed by atoms with Crippen LogP contribution in [0.1, 0.15) is 22.5 Å². The van der Waals surface area contributed by atoms with Gasteiger partial charge in [-0.3, -0.25) is 0 Å². The van der Waals surface area contributed by atoms with Crippen molar-refractivity contribution in [2.45, 2.75) is 26.9 Å². The van der Waals surface area contributed by atoms with Crippen molar-refractivity contribution in [3.8, 4) is 0 Å². The molecular formula is C22H22N4+2. The Labute approximate surface area is 153 Å². The lowest BCUT2D eigenvalue weighted by molar-refractivity contribution is -0.694. The molecule has 3 heterocycles. The van der Waals surface area contributed by atoms with Crippen LogP contribution in [0.4, 0.5) is 0 Å². The number of aryl methyl sites for hydroxylation is 2. The molecular weight excluding hydrogens is 320 g/mol. The van der Waals surface area contributed by atoms with Crippen LogP contribution in [0, 0.1) is 13.8 Å². The van der Waals surface area contributed by atoms with Gasteiger partial charge in [0.1, 0.15) is 11.4 Å². The van der Waals surface area contributed by atoms with Crippen molar-refractivity contribution in [2.24, 2.45) is 0 Å². The number of rotatable bonds is 4. The second-order valence-electron chi connectivity index (χ2n) is 6.70. The van der Waals surface area contributed by atoms with E-state index in [9.17, 15) is 0 Å². The van der Waals surface area contributed by atoms with Crippen molar-refractivity contribution >= 4 is 11.0 Å². The molecule has 4 aromatic rings. The van der Waals surface area contributed by atoms with E-state index in [1.54, 1.807) is 0 Å². The van der Waals surface area contributed by atoms with E-state index in [-0.39, 0.29) is 0 Å². The zero-order valence-electron chi connectivity index (χ0n) is 15.1. The lowest BCUT2D eigenvalue weighted by Gasteiger charge is -2.06. The summed E-state index contributed by atoms with van der Waals surface area (Å²) < 4.78 is 4.30. The molecule has 0 spiro atoms. The van der Waals surface area contributed by atoms with Crippen LogP contribution in [-0.2, 0) is 13.1 Å². The maximum absolute atomic E-state index is 4.91. The van der Waals surface area contributed by atoms with Crippen molar-refractivity contribution < 1.29 is 9.13 Å². The minimum atomic E-state index is 0.708. The zero-order valence-corrected chi connectivity index (χ0v) is 15.1. The fourth-order valence-corrected chi connectivity index (χ4v) is 2.95. The smallest absolute Gasteiger partial charge is 0.192 e. The summed E-state index contributed by atoms with van der Waals surface area (Å²) in [6.07, 6.45) is 8.37. The predicted octanol–water partition coefficient (Wildman–Crippen LogP) is 2.92. The van der Waals surface area contributed by atoms with Crippen molar-refractivity contribution in [3.63, 3.8) is 0 Å². The molecule has 0 aliphatic rings. The number of para-hydroxylation sites is 2. The average Bonchev–Trinajstić information content (AvgIpc) is 2.66. The third-order valence-corrected chi connectivity index (χ3v) is 4.51. The van der Waals surface area contributed by atoms with Gasteiger partial charge in [0.2, 0.25) is 0 Å². The van der Waals surface area contributed by atoms with E-state index in [0.29, 0.717) is 13.1 Å². The summed E-state index contributed by atoms with van der Waals surface area (Å²) in [5, 5.41) is 0. The number of hydrogen-bond donors (Lipinski definition) is 0. The highest BCUT2D eigenvalue weighted by Crippen LogP contribution is 2.13. The van der Waals surface area contributed by atoms with Gasteiger partial charge >= 0.3 is 0 Å². The van der Waals surface area contributed by atoms with Crippen LogP contribution in [0.3, 0.4) is 0 Å². The second kappa shape index (κ2) is 7.00. The van der Waals surface area contributed by atoms with Crippen LogP contribution in [0.25, 0.3) is 11.0 Å². The summed E-state index contributed by atoms with van der Waals surface area (Å²) in [4.78, 5) is 9.82. The predicted molar refractivity (Wildman–Crippen MR) is 100 cm³/mol. The maximum Gasteiger partial charge on any atom is 0.192 e. The number of nitrogens with zero attached hydrogens (tertiary/aromatic N) is 4. The molecule has 3 aromatic heterocycles. The van der Waals surface area contributed by atoms with E-state index < -0.39 is 0 Å². The summed E-state index contributed by atoms with van der Waals surface area (Å²) in [6.45, 7) is 5.61. The minimum absolute atomic E-state index is 0.708. The Morgan fingerprint density at radius 2 is 1.00 bits per heavy atom. The highest BCUT2D eigenvalue weighted by molar-refractivity contribution is 5.74. The molecule has 4 nitrogen and oxygen atoms in total. The monoisotopic (exact) mass is 342 g/mol. The molecule has 0 amide bonds. The van der Waals surface area contributed by atoms with E-state index in [4.69, 9.17) is 9.97 Å². The molecule has 0 radical (unpaired) electrons. The molecule has 0 saturated carbocycles. The first-order chi connectivity index (χ1) is 12.7. The number of pyridine rings is 2. The SMILES string of the molecule is Cc1cc[n+](Cc2nc3ccccc3nc2C[n+]2ccc(C)cc2)cc1. The highest BCUT2D eigenvalue weighted by atomic mass is 15.0. The van der Waals surface area contributed by atoms with Gasteiger partial charge in [0.25, 0.3) is 0 Å². The topological polar surface area (TPSA) is 33.5 Å². The van der Waals surface area contributed by atoms with Crippen LogP contribution < -0.4 is 9.13 Å². The Balaban J connectivity index is 1.75. The molecule has 0 bridgehead atoms. The van der Waals surface area contributed by atoms with E-state index in [1.807, 2.05) is 24.3 Å². The van der Waals surface area contributed by atoms with Crippen molar-refractivity contribution in [3.05, 3.63) is 95.8 Å². The normalized spacial score (nSPS) is 11.0. The van der Waals surface area contributed by atoms with Crippen molar-refractivity contribution in [1.82, 2.24) is 9.97 Å². The van der Waals surface area contributed by atoms with Crippen molar-refractivity contribution in [2.75, 3.05) is 0 Å². The van der Waals surface area contributed by atoms with Crippen LogP contribution >= 0.6 is 0 Å². The summed E-state index contributed by atoms with van der Waals surface area (Å²) in [5.74, 6) is 0. The molecule has 0 atom stereocenters. The summed E-state index contributed by atoms with van der Waals surface area (Å²) >= 11 is 0. The van der Waals surface area contributed by atoms with Gasteiger partial charge in [-0.1, -0.05) is 12.1 Å². The average molecular weight is 342 g/mol. The van der Waals surface area contributed by atoms with Gasteiger partial charge in [-0.05, 0) is 37.1 Å². The molecule has 0 saturated heterocycles. The molecule has 0 aliphatic carbocycles. The fourth-order valence-electron chi connectivity index (χ4n) is 2.95. The third-order valence-electron chi connectivity index (χ3n) is 4.51. The lowest BCUT2D eigenvalue weighted by Crippen LogP contribution is -2.38. The van der Waals surface area contributed by atoms with Gasteiger partial charge in [0.15, 0.2) is 37.9 Å². The van der Waals surface area contributed by atoms with E-state index >= 15 is 0 Å². The van der Waals surface area contributed by atoms with Crippen LogP contribution in [-0.4, -0.2) is 9.97 Å². The number of benzene rings is 1. The first-order valence-electron chi connectivity index (χ1n) is 8.83. The number of aromatic nitrogens is 4. The molecule has 128 valence electrons. The van der Waals surface area contributed by atoms with E-state index in [2.05, 4.69) is 72.0 Å². The minimum Gasteiger partial charge on any atom is -0.242 e. The molecule has 26 heavy (non-hydrogen) atoms. The Hall–Kier alpha value is -3.14. The van der Waals surface area contributed by atoms with Crippen LogP contribution in [0.15, 0.2) is 73.3 Å². The van der Waals surface area contributed by atoms with Crippen LogP contribution in [0.2, 0.25) is 0 Å². The maximum atomic E-state index is 4.91. The molecule has 0 fully saturated rings. The fraction of sp³-hybridized carbons (Fsp3) is 0.182. The molecule has 0 aliphatic heterocycles. The first kappa shape index (κ1) is 16.3. The summed E-state index contributed by atoms with van der Waals surface area (Å²) in [5.41, 5.74) is 6.39. The molecule has 4 rings (SSSR count). The molecule has 4 heteroatoms. The van der Waals surface area contributed by atoms with Gasteiger partial charge in [0, 0.05) is 24.3 Å². The van der Waals surface area contributed by atoms with E-state index in [0.717, 1.165) is 22.4 Å². The first-order valence-corrected chi connectivity index (χ1v) is 8.83. The Kier molecular flexibility index (Phi) is 4.40. The van der Waals surface area contributed by atoms with Gasteiger partial charge in [0.05, 0.1) is 11.0 Å². The summed E-state index contributed by atoms with van der Waals surface area (Å²) in [7, 11) is 0. The highest BCUT2D eigenvalue weighted by Gasteiger charge is 2.16. The van der Waals surface area contributed by atoms with Gasteiger partial charge < -0.3 is 0 Å². The molecule has 0 unspecified atom stereocenters. The Morgan fingerprint density at radius 1 is 0.615 bits per heavy atom. The number of hydrogen-bond acceptors (Lipinski definition) is 2. The largest absolute Gasteiger partial charge is 0.242 e. The van der Waals surface area contributed by atoms with Gasteiger partial charge in [-0.25, -0.2) is 9.97 Å². The third kappa shape index (κ3) is 3.59. The van der Waals surface area contributed by atoms with Gasteiger partial charge in [-0.2, -0.15) is 9.13 Å².